The van der Waals surface area contributed by atoms with E-state index in [1.807, 2.05) is 62.5 Å². The van der Waals surface area contributed by atoms with Crippen LogP contribution in [-0.4, -0.2) is 42.6 Å². The van der Waals surface area contributed by atoms with E-state index in [1.54, 1.807) is 17.0 Å². The van der Waals surface area contributed by atoms with Crippen LogP contribution in [0.3, 0.4) is 0 Å². The molecule has 0 aliphatic rings. The Kier molecular flexibility index (Phi) is 8.95. The maximum atomic E-state index is 10.9. The first kappa shape index (κ1) is 21.7. The molecule has 0 saturated carbocycles. The van der Waals surface area contributed by atoms with E-state index in [9.17, 15) is 9.59 Å². The van der Waals surface area contributed by atoms with E-state index in [0.29, 0.717) is 25.4 Å². The number of aldehydes is 1. The molecule has 1 N–H and O–H groups in total. The van der Waals surface area contributed by atoms with Gasteiger partial charge in [0.25, 0.3) is 6.47 Å². The highest BCUT2D eigenvalue weighted by Crippen LogP contribution is 2.22. The normalized spacial score (nSPS) is 9.72. The SMILES string of the molecule is CNc1ccccc1.Cc1c(Cn2ccnc2C=O)cccc1OCCOC=O. The lowest BCUT2D eigenvalue weighted by Gasteiger charge is -2.13. The average Bonchev–Trinajstić information content (AvgIpc) is 3.22. The van der Waals surface area contributed by atoms with E-state index in [2.05, 4.69) is 15.0 Å². The summed E-state index contributed by atoms with van der Waals surface area (Å²) in [6, 6.07) is 15.8. The van der Waals surface area contributed by atoms with Gasteiger partial charge in [0.2, 0.25) is 0 Å². The first-order valence-corrected chi connectivity index (χ1v) is 9.15. The molecule has 3 rings (SSSR count). The topological polar surface area (TPSA) is 82.5 Å². The van der Waals surface area contributed by atoms with Gasteiger partial charge in [0.15, 0.2) is 12.1 Å². The molecular weight excluding hydrogens is 370 g/mol. The second-order valence-electron chi connectivity index (χ2n) is 6.00. The summed E-state index contributed by atoms with van der Waals surface area (Å²) in [6.45, 7) is 3.40. The number of para-hydroxylation sites is 1. The maximum absolute atomic E-state index is 10.9. The van der Waals surface area contributed by atoms with Crippen LogP contribution in [0.4, 0.5) is 5.69 Å². The molecule has 152 valence electrons. The smallest absolute Gasteiger partial charge is 0.293 e. The number of hydrogen-bond acceptors (Lipinski definition) is 6. The first-order valence-electron chi connectivity index (χ1n) is 9.15. The first-order chi connectivity index (χ1) is 14.2. The van der Waals surface area contributed by atoms with Crippen LogP contribution in [0.5, 0.6) is 5.75 Å². The van der Waals surface area contributed by atoms with Crippen molar-refractivity contribution in [2.24, 2.45) is 0 Å². The molecule has 0 fully saturated rings. The van der Waals surface area contributed by atoms with Gasteiger partial charge < -0.3 is 19.4 Å². The summed E-state index contributed by atoms with van der Waals surface area (Å²) in [5, 5.41) is 3.03. The van der Waals surface area contributed by atoms with E-state index >= 15 is 0 Å². The zero-order chi connectivity index (χ0) is 20.9. The molecule has 29 heavy (non-hydrogen) atoms. The number of ether oxygens (including phenoxy) is 2. The minimum atomic E-state index is 0.212. The Balaban J connectivity index is 0.000000313. The van der Waals surface area contributed by atoms with Crippen molar-refractivity contribution in [3.05, 3.63) is 77.9 Å². The van der Waals surface area contributed by atoms with Crippen molar-refractivity contribution < 1.29 is 19.1 Å². The molecule has 0 aliphatic heterocycles. The lowest BCUT2D eigenvalue weighted by atomic mass is 10.1. The van der Waals surface area contributed by atoms with Gasteiger partial charge in [-0.15, -0.1) is 0 Å². The van der Waals surface area contributed by atoms with Gasteiger partial charge in [-0.2, -0.15) is 0 Å². The van der Waals surface area contributed by atoms with Crippen molar-refractivity contribution in [1.82, 2.24) is 9.55 Å². The van der Waals surface area contributed by atoms with E-state index < -0.39 is 0 Å². The maximum Gasteiger partial charge on any atom is 0.293 e. The molecule has 7 heteroatoms. The zero-order valence-corrected chi connectivity index (χ0v) is 16.6. The van der Waals surface area contributed by atoms with Gasteiger partial charge in [0, 0.05) is 31.7 Å². The zero-order valence-electron chi connectivity index (χ0n) is 16.6. The van der Waals surface area contributed by atoms with Crippen LogP contribution in [0.15, 0.2) is 60.9 Å². The highest BCUT2D eigenvalue weighted by molar-refractivity contribution is 5.69. The number of carbonyl (C=O) groups excluding carboxylic acids is 2. The highest BCUT2D eigenvalue weighted by Gasteiger charge is 2.08. The van der Waals surface area contributed by atoms with E-state index in [4.69, 9.17) is 4.74 Å². The van der Waals surface area contributed by atoms with Crippen molar-refractivity contribution in [1.29, 1.82) is 0 Å². The number of rotatable bonds is 9. The van der Waals surface area contributed by atoms with Crippen LogP contribution in [0.2, 0.25) is 0 Å². The predicted octanol–water partition coefficient (Wildman–Crippen LogP) is 3.33. The standard InChI is InChI=1S/C15H16N2O4.C7H9N/c1-12-13(9-17-6-5-16-15(17)10-18)3-2-4-14(12)21-8-7-20-11-19;1-8-7-5-3-2-4-6-7/h2-6,10-11H,7-9H2,1H3;2-6,8H,1H3. The molecule has 3 aromatic rings. The summed E-state index contributed by atoms with van der Waals surface area (Å²) in [4.78, 5) is 24.9. The second kappa shape index (κ2) is 12.0. The molecule has 1 aromatic heterocycles. The van der Waals surface area contributed by atoms with Crippen LogP contribution in [0.1, 0.15) is 21.7 Å². The fraction of sp³-hybridized carbons (Fsp3) is 0.227. The van der Waals surface area contributed by atoms with Crippen molar-refractivity contribution in [2.75, 3.05) is 25.6 Å². The van der Waals surface area contributed by atoms with Crippen LogP contribution < -0.4 is 10.1 Å². The molecule has 0 spiro atoms. The van der Waals surface area contributed by atoms with Crippen LogP contribution in [-0.2, 0) is 16.1 Å². The molecule has 7 nitrogen and oxygen atoms in total. The largest absolute Gasteiger partial charge is 0.490 e. The summed E-state index contributed by atoms with van der Waals surface area (Å²) in [5.41, 5.74) is 3.17. The van der Waals surface area contributed by atoms with Crippen molar-refractivity contribution in [3.63, 3.8) is 0 Å². The number of benzene rings is 2. The van der Waals surface area contributed by atoms with Gasteiger partial charge in [0.1, 0.15) is 19.0 Å². The van der Waals surface area contributed by atoms with Crippen LogP contribution >= 0.6 is 0 Å². The van der Waals surface area contributed by atoms with Gasteiger partial charge in [-0.05, 0) is 36.2 Å². The van der Waals surface area contributed by atoms with Crippen molar-refractivity contribution >= 4 is 18.4 Å². The molecule has 1 heterocycles. The number of hydrogen-bond donors (Lipinski definition) is 1. The van der Waals surface area contributed by atoms with Crippen molar-refractivity contribution in [2.45, 2.75) is 13.5 Å². The van der Waals surface area contributed by atoms with Crippen LogP contribution in [0.25, 0.3) is 0 Å². The molecule has 0 amide bonds. The highest BCUT2D eigenvalue weighted by atomic mass is 16.5. The molecule has 0 radical (unpaired) electrons. The van der Waals surface area contributed by atoms with Gasteiger partial charge in [-0.25, -0.2) is 4.98 Å². The molecule has 0 atom stereocenters. The molecular formula is C22H25N3O4. The minimum Gasteiger partial charge on any atom is -0.490 e. The summed E-state index contributed by atoms with van der Waals surface area (Å²) in [6.07, 6.45) is 4.08. The Morgan fingerprint density at radius 2 is 1.86 bits per heavy atom. The van der Waals surface area contributed by atoms with Gasteiger partial charge in [-0.1, -0.05) is 30.3 Å². The number of nitrogens with zero attached hydrogens (tertiary/aromatic N) is 2. The summed E-state index contributed by atoms with van der Waals surface area (Å²) < 4.78 is 11.9. The molecule has 0 saturated heterocycles. The van der Waals surface area contributed by atoms with Gasteiger partial charge in [0.05, 0.1) is 0 Å². The number of nitrogens with one attached hydrogen (secondary N) is 1. The van der Waals surface area contributed by atoms with Gasteiger partial charge >= 0.3 is 0 Å². The Hall–Kier alpha value is -3.61. The summed E-state index contributed by atoms with van der Waals surface area (Å²) >= 11 is 0. The average molecular weight is 395 g/mol. The lowest BCUT2D eigenvalue weighted by molar-refractivity contribution is -0.129. The molecule has 0 bridgehead atoms. The van der Waals surface area contributed by atoms with Crippen LogP contribution in [0, 0.1) is 6.92 Å². The van der Waals surface area contributed by atoms with E-state index in [-0.39, 0.29) is 6.61 Å². The molecule has 0 aliphatic carbocycles. The Morgan fingerprint density at radius 3 is 2.52 bits per heavy atom. The number of carbonyl (C=O) groups is 2. The van der Waals surface area contributed by atoms with Crippen molar-refractivity contribution in [3.8, 4) is 5.75 Å². The number of anilines is 1. The molecule has 2 aromatic carbocycles. The molecule has 0 unspecified atom stereocenters. The Bertz CT molecular complexity index is 894. The van der Waals surface area contributed by atoms with E-state index in [0.717, 1.165) is 28.8 Å². The second-order valence-corrected chi connectivity index (χ2v) is 6.00. The third kappa shape index (κ3) is 6.80. The Morgan fingerprint density at radius 1 is 1.07 bits per heavy atom. The third-order valence-electron chi connectivity index (χ3n) is 4.18. The lowest BCUT2D eigenvalue weighted by Crippen LogP contribution is -2.08. The third-order valence-corrected chi connectivity index (χ3v) is 4.18. The van der Waals surface area contributed by atoms with Gasteiger partial charge in [-0.3, -0.25) is 9.59 Å². The number of aromatic nitrogens is 2. The quantitative estimate of drug-likeness (QED) is 0.442. The van der Waals surface area contributed by atoms with E-state index in [1.165, 1.54) is 0 Å². The number of imidazole rings is 1. The Labute approximate surface area is 170 Å². The monoisotopic (exact) mass is 395 g/mol. The fourth-order valence-corrected chi connectivity index (χ4v) is 2.60. The predicted molar refractivity (Wildman–Crippen MR) is 111 cm³/mol. The summed E-state index contributed by atoms with van der Waals surface area (Å²) in [7, 11) is 1.91. The minimum absolute atomic E-state index is 0.212. The summed E-state index contributed by atoms with van der Waals surface area (Å²) in [5.74, 6) is 1.12. The fourth-order valence-electron chi connectivity index (χ4n) is 2.60.